The molecule has 7 heteroatoms. The number of guanidine groups is 1. The van der Waals surface area contributed by atoms with Crippen molar-refractivity contribution in [3.8, 4) is 5.75 Å². The number of hydrogen-bond donors (Lipinski definition) is 2. The van der Waals surface area contributed by atoms with Gasteiger partial charge in [0, 0.05) is 33.3 Å². The molecular weight excluding hydrogens is 332 g/mol. The highest BCUT2D eigenvalue weighted by atomic mass is 16.5. The third-order valence-corrected chi connectivity index (χ3v) is 4.81. The fourth-order valence-electron chi connectivity index (χ4n) is 3.31. The van der Waals surface area contributed by atoms with E-state index in [1.54, 1.807) is 11.9 Å². The molecule has 0 aromatic heterocycles. The Balaban J connectivity index is 1.44. The van der Waals surface area contributed by atoms with E-state index in [1.165, 1.54) is 0 Å². The minimum atomic E-state index is -0.110. The van der Waals surface area contributed by atoms with Gasteiger partial charge in [-0.1, -0.05) is 12.1 Å². The number of fused-ring (bicyclic) bond motifs is 1. The minimum absolute atomic E-state index is 0.00230. The molecule has 1 amide bonds. The third-order valence-electron chi connectivity index (χ3n) is 4.81. The van der Waals surface area contributed by atoms with Crippen molar-refractivity contribution in [2.45, 2.75) is 31.8 Å². The van der Waals surface area contributed by atoms with E-state index in [4.69, 9.17) is 9.47 Å². The molecule has 1 atom stereocenters. The number of ether oxygens (including phenoxy) is 2. The van der Waals surface area contributed by atoms with Gasteiger partial charge in [0.15, 0.2) is 12.6 Å². The van der Waals surface area contributed by atoms with Crippen LogP contribution in [0.5, 0.6) is 5.75 Å². The Morgan fingerprint density at radius 3 is 2.96 bits per heavy atom. The first-order valence-electron chi connectivity index (χ1n) is 9.22. The van der Waals surface area contributed by atoms with Crippen molar-refractivity contribution in [2.24, 2.45) is 4.99 Å². The number of carbonyl (C=O) groups is 1. The summed E-state index contributed by atoms with van der Waals surface area (Å²) in [6.07, 6.45) is 2.99. The molecule has 0 saturated carbocycles. The van der Waals surface area contributed by atoms with Gasteiger partial charge < -0.3 is 25.0 Å². The van der Waals surface area contributed by atoms with Gasteiger partial charge in [0.2, 0.25) is 0 Å². The molecule has 26 heavy (non-hydrogen) atoms. The summed E-state index contributed by atoms with van der Waals surface area (Å²) in [7, 11) is 1.76. The fourth-order valence-corrected chi connectivity index (χ4v) is 3.31. The predicted octanol–water partition coefficient (Wildman–Crippen LogP) is 1.54. The first kappa shape index (κ1) is 18.5. The normalized spacial score (nSPS) is 22.8. The number of nitrogens with one attached hydrogen (secondary N) is 2. The number of hydrogen-bond acceptors (Lipinski definition) is 4. The van der Waals surface area contributed by atoms with Gasteiger partial charge in [-0.2, -0.15) is 0 Å². The summed E-state index contributed by atoms with van der Waals surface area (Å²) in [6, 6.07) is 7.65. The van der Waals surface area contributed by atoms with Gasteiger partial charge in [0.25, 0.3) is 5.91 Å². The minimum Gasteiger partial charge on any atom is -0.482 e. The Kier molecular flexibility index (Phi) is 5.98. The first-order chi connectivity index (χ1) is 12.6. The van der Waals surface area contributed by atoms with Gasteiger partial charge in [0.05, 0.1) is 11.3 Å². The van der Waals surface area contributed by atoms with Crippen LogP contribution in [-0.2, 0) is 9.53 Å². The van der Waals surface area contributed by atoms with E-state index < -0.39 is 0 Å². The molecule has 0 spiro atoms. The van der Waals surface area contributed by atoms with Crippen LogP contribution in [0.25, 0.3) is 0 Å². The summed E-state index contributed by atoms with van der Waals surface area (Å²) in [4.78, 5) is 18.2. The van der Waals surface area contributed by atoms with E-state index in [0.29, 0.717) is 6.54 Å². The molecule has 2 N–H and O–H groups in total. The summed E-state index contributed by atoms with van der Waals surface area (Å²) in [6.45, 7) is 5.17. The zero-order valence-electron chi connectivity index (χ0n) is 15.6. The summed E-state index contributed by atoms with van der Waals surface area (Å²) < 4.78 is 11.3. The van der Waals surface area contributed by atoms with Crippen LogP contribution in [0.15, 0.2) is 29.3 Å². The molecule has 1 saturated heterocycles. The van der Waals surface area contributed by atoms with E-state index in [9.17, 15) is 4.79 Å². The SMILES string of the molecule is CN=C(NCCCN1C(=O)COc2ccccc21)NCC1(C)CCCO1. The molecule has 0 radical (unpaired) electrons. The molecular formula is C19H28N4O3. The van der Waals surface area contributed by atoms with Gasteiger partial charge in [-0.15, -0.1) is 0 Å². The standard InChI is InChI=1S/C19H28N4O3/c1-19(9-5-12-26-19)14-22-18(20-2)21-10-6-11-23-15-7-3-4-8-16(15)25-13-17(23)24/h3-4,7-8H,5-6,9-14H2,1-2H3,(H2,20,21,22). The number of nitrogens with zero attached hydrogens (tertiary/aromatic N) is 2. The lowest BCUT2D eigenvalue weighted by Crippen LogP contribution is -2.46. The Morgan fingerprint density at radius 2 is 2.19 bits per heavy atom. The smallest absolute Gasteiger partial charge is 0.265 e. The van der Waals surface area contributed by atoms with Crippen LogP contribution in [0, 0.1) is 0 Å². The van der Waals surface area contributed by atoms with Gasteiger partial charge >= 0.3 is 0 Å². The number of anilines is 1. The molecule has 2 heterocycles. The second-order valence-electron chi connectivity index (χ2n) is 6.91. The highest BCUT2D eigenvalue weighted by Crippen LogP contribution is 2.31. The Hall–Kier alpha value is -2.28. The summed E-state index contributed by atoms with van der Waals surface area (Å²) >= 11 is 0. The Labute approximate surface area is 154 Å². The topological polar surface area (TPSA) is 75.2 Å². The number of aliphatic imine (C=N–C) groups is 1. The molecule has 1 aromatic carbocycles. The number of para-hydroxylation sites is 2. The first-order valence-corrected chi connectivity index (χ1v) is 9.22. The van der Waals surface area contributed by atoms with Crippen LogP contribution < -0.4 is 20.3 Å². The molecule has 0 bridgehead atoms. The van der Waals surface area contributed by atoms with E-state index >= 15 is 0 Å². The summed E-state index contributed by atoms with van der Waals surface area (Å²) in [5, 5.41) is 6.63. The molecule has 3 rings (SSSR count). The molecule has 0 aliphatic carbocycles. The molecule has 1 fully saturated rings. The van der Waals surface area contributed by atoms with Crippen LogP contribution in [0.2, 0.25) is 0 Å². The Morgan fingerprint density at radius 1 is 1.35 bits per heavy atom. The number of benzene rings is 1. The van der Waals surface area contributed by atoms with Crippen molar-refractivity contribution < 1.29 is 14.3 Å². The predicted molar refractivity (Wildman–Crippen MR) is 102 cm³/mol. The maximum atomic E-state index is 12.2. The number of rotatable bonds is 6. The van der Waals surface area contributed by atoms with Crippen molar-refractivity contribution in [2.75, 3.05) is 44.8 Å². The van der Waals surface area contributed by atoms with Crippen LogP contribution in [0.4, 0.5) is 5.69 Å². The van der Waals surface area contributed by atoms with Gasteiger partial charge in [0.1, 0.15) is 5.75 Å². The molecule has 1 aromatic rings. The van der Waals surface area contributed by atoms with Crippen LogP contribution in [0.3, 0.4) is 0 Å². The summed E-state index contributed by atoms with van der Waals surface area (Å²) in [5.74, 6) is 1.52. The lowest BCUT2D eigenvalue weighted by molar-refractivity contribution is -0.121. The van der Waals surface area contributed by atoms with E-state index in [2.05, 4.69) is 22.5 Å². The quantitative estimate of drug-likeness (QED) is 0.457. The highest BCUT2D eigenvalue weighted by Gasteiger charge is 2.29. The van der Waals surface area contributed by atoms with Crippen LogP contribution in [0.1, 0.15) is 26.2 Å². The lowest BCUT2D eigenvalue weighted by Gasteiger charge is -2.29. The second kappa shape index (κ2) is 8.40. The second-order valence-corrected chi connectivity index (χ2v) is 6.91. The largest absolute Gasteiger partial charge is 0.482 e. The van der Waals surface area contributed by atoms with Crippen molar-refractivity contribution in [3.63, 3.8) is 0 Å². The maximum absolute atomic E-state index is 12.2. The van der Waals surface area contributed by atoms with E-state index in [-0.39, 0.29) is 18.1 Å². The monoisotopic (exact) mass is 360 g/mol. The Bertz CT molecular complexity index is 656. The zero-order valence-corrected chi connectivity index (χ0v) is 15.6. The molecule has 2 aliphatic heterocycles. The van der Waals surface area contributed by atoms with Gasteiger partial charge in [-0.3, -0.25) is 9.79 Å². The van der Waals surface area contributed by atoms with Gasteiger partial charge in [-0.25, -0.2) is 0 Å². The third kappa shape index (κ3) is 4.46. The average molecular weight is 360 g/mol. The van der Waals surface area contributed by atoms with Gasteiger partial charge in [-0.05, 0) is 38.3 Å². The van der Waals surface area contributed by atoms with Crippen molar-refractivity contribution in [3.05, 3.63) is 24.3 Å². The van der Waals surface area contributed by atoms with Crippen LogP contribution in [-0.4, -0.2) is 57.4 Å². The molecule has 2 aliphatic rings. The number of carbonyl (C=O) groups excluding carboxylic acids is 1. The highest BCUT2D eigenvalue weighted by molar-refractivity contribution is 5.97. The van der Waals surface area contributed by atoms with Crippen molar-refractivity contribution in [1.82, 2.24) is 10.6 Å². The van der Waals surface area contributed by atoms with Crippen LogP contribution >= 0.6 is 0 Å². The molecule has 142 valence electrons. The molecule has 1 unspecified atom stereocenters. The van der Waals surface area contributed by atoms with E-state index in [1.807, 2.05) is 24.3 Å². The average Bonchev–Trinajstić information content (AvgIpc) is 3.09. The maximum Gasteiger partial charge on any atom is 0.265 e. The summed E-state index contributed by atoms with van der Waals surface area (Å²) in [5.41, 5.74) is 0.735. The van der Waals surface area contributed by atoms with Crippen molar-refractivity contribution >= 4 is 17.6 Å². The number of amides is 1. The van der Waals surface area contributed by atoms with E-state index in [0.717, 1.165) is 56.4 Å². The lowest BCUT2D eigenvalue weighted by atomic mass is 10.0. The fraction of sp³-hybridized carbons (Fsp3) is 0.579. The molecule has 7 nitrogen and oxygen atoms in total. The van der Waals surface area contributed by atoms with Crippen molar-refractivity contribution in [1.29, 1.82) is 0 Å². The zero-order chi connectivity index (χ0) is 18.4.